The molecule has 6 rings (SSSR count). The Hall–Kier alpha value is -2.73. The predicted molar refractivity (Wildman–Crippen MR) is 131 cm³/mol. The zero-order chi connectivity index (χ0) is 23.6. The van der Waals surface area contributed by atoms with Gasteiger partial charge in [-0.3, -0.25) is 4.79 Å². The third-order valence-corrected chi connectivity index (χ3v) is 8.96. The van der Waals surface area contributed by atoms with Gasteiger partial charge in [0, 0.05) is 11.4 Å². The SMILES string of the molecule is CC(=O)[C@@]12CC1[C@@H](n1cnc3c(NCC4CCC4)cc(C#Cc4ccc(C)s4)nc31)[C@H](O)C2O. The lowest BCUT2D eigenvalue weighted by molar-refractivity contribution is -0.128. The molecule has 8 heteroatoms. The lowest BCUT2D eigenvalue weighted by atomic mass is 9.85. The molecule has 34 heavy (non-hydrogen) atoms. The van der Waals surface area contributed by atoms with E-state index in [0.29, 0.717) is 23.7 Å². The molecular formula is C26H28N4O3S. The molecule has 3 fully saturated rings. The van der Waals surface area contributed by atoms with Crippen LogP contribution in [-0.2, 0) is 4.79 Å². The Morgan fingerprint density at radius 1 is 1.32 bits per heavy atom. The van der Waals surface area contributed by atoms with Crippen LogP contribution >= 0.6 is 11.3 Å². The van der Waals surface area contributed by atoms with Crippen molar-refractivity contribution in [2.24, 2.45) is 17.3 Å². The van der Waals surface area contributed by atoms with Crippen LogP contribution in [0.5, 0.6) is 0 Å². The van der Waals surface area contributed by atoms with Crippen molar-refractivity contribution in [3.05, 3.63) is 40.0 Å². The van der Waals surface area contributed by atoms with Gasteiger partial charge in [-0.25, -0.2) is 9.97 Å². The average molecular weight is 477 g/mol. The fourth-order valence-corrected chi connectivity index (χ4v) is 6.49. The van der Waals surface area contributed by atoms with Crippen LogP contribution in [-0.4, -0.2) is 49.3 Å². The van der Waals surface area contributed by atoms with Gasteiger partial charge in [0.1, 0.15) is 23.1 Å². The van der Waals surface area contributed by atoms with E-state index >= 15 is 0 Å². The summed E-state index contributed by atoms with van der Waals surface area (Å²) in [5.74, 6) is 6.89. The monoisotopic (exact) mass is 476 g/mol. The highest BCUT2D eigenvalue weighted by molar-refractivity contribution is 7.12. The van der Waals surface area contributed by atoms with Crippen molar-refractivity contribution in [1.29, 1.82) is 0 Å². The molecular weight excluding hydrogens is 448 g/mol. The molecule has 3 aliphatic carbocycles. The standard InChI is InChI=1S/C26H28N4O3S/c1-14-6-8-18(34-14)9-7-17-10-20(27-12-16-4-3-5-16)21-25(29-17)30(13-28-21)22-19-11-26(19,15(2)31)24(33)23(22)32/h6,8,10,13,16,19,22-24,32-33H,3-5,11-12H2,1-2H3,(H,27,29)/t19?,22-,23+,24?,26+/m1/s1. The third kappa shape index (κ3) is 3.29. The number of hydrogen-bond acceptors (Lipinski definition) is 7. The van der Waals surface area contributed by atoms with Crippen molar-refractivity contribution in [2.75, 3.05) is 11.9 Å². The first kappa shape index (κ1) is 21.8. The first-order valence-electron chi connectivity index (χ1n) is 12.0. The van der Waals surface area contributed by atoms with E-state index in [2.05, 4.69) is 35.1 Å². The molecule has 0 aromatic carbocycles. The summed E-state index contributed by atoms with van der Waals surface area (Å²) < 4.78 is 1.85. The van der Waals surface area contributed by atoms with Crippen LogP contribution in [0.1, 0.15) is 54.1 Å². The van der Waals surface area contributed by atoms with Crippen LogP contribution in [0.3, 0.4) is 0 Å². The van der Waals surface area contributed by atoms with Crippen LogP contribution < -0.4 is 5.32 Å². The van der Waals surface area contributed by atoms with Gasteiger partial charge in [0.15, 0.2) is 5.65 Å². The molecule has 5 atom stereocenters. The van der Waals surface area contributed by atoms with E-state index in [0.717, 1.165) is 22.6 Å². The number of pyridine rings is 1. The molecule has 0 amide bonds. The number of thiophene rings is 1. The van der Waals surface area contributed by atoms with Crippen LogP contribution in [0.15, 0.2) is 24.5 Å². The lowest BCUT2D eigenvalue weighted by Crippen LogP contribution is -2.36. The molecule has 3 saturated carbocycles. The number of carbonyl (C=O) groups excluding carboxylic acids is 1. The highest BCUT2D eigenvalue weighted by atomic mass is 32.1. The fourth-order valence-electron chi connectivity index (χ4n) is 5.77. The van der Waals surface area contributed by atoms with Gasteiger partial charge in [-0.15, -0.1) is 11.3 Å². The normalized spacial score (nSPS) is 29.9. The first-order valence-corrected chi connectivity index (χ1v) is 12.8. The molecule has 0 radical (unpaired) electrons. The van der Waals surface area contributed by atoms with Crippen LogP contribution in [0.25, 0.3) is 11.2 Å². The largest absolute Gasteiger partial charge is 0.389 e. The summed E-state index contributed by atoms with van der Waals surface area (Å²) in [4.78, 5) is 24.0. The molecule has 2 unspecified atom stereocenters. The first-order chi connectivity index (χ1) is 16.4. The second-order valence-corrected chi connectivity index (χ2v) is 11.3. The number of aliphatic hydroxyl groups excluding tert-OH is 2. The number of carbonyl (C=O) groups is 1. The molecule has 3 aromatic rings. The minimum Gasteiger partial charge on any atom is -0.389 e. The number of fused-ring (bicyclic) bond motifs is 2. The van der Waals surface area contributed by atoms with E-state index in [9.17, 15) is 15.0 Å². The Kier molecular flexibility index (Phi) is 5.07. The summed E-state index contributed by atoms with van der Waals surface area (Å²) in [7, 11) is 0. The molecule has 0 saturated heterocycles. The Balaban J connectivity index is 1.41. The summed E-state index contributed by atoms with van der Waals surface area (Å²) in [5.41, 5.74) is 2.00. The van der Waals surface area contributed by atoms with Gasteiger partial charge in [-0.1, -0.05) is 6.42 Å². The van der Waals surface area contributed by atoms with Gasteiger partial charge in [0.05, 0.1) is 34.5 Å². The van der Waals surface area contributed by atoms with Crippen LogP contribution in [0.2, 0.25) is 0 Å². The Morgan fingerprint density at radius 3 is 2.79 bits per heavy atom. The molecule has 3 aliphatic rings. The van der Waals surface area contributed by atoms with Gasteiger partial charge in [-0.05, 0) is 75.0 Å². The maximum absolute atomic E-state index is 12.3. The smallest absolute Gasteiger partial charge is 0.163 e. The number of ketones is 1. The minimum atomic E-state index is -1.07. The number of aromatic nitrogens is 3. The van der Waals surface area contributed by atoms with Crippen molar-refractivity contribution in [2.45, 2.75) is 57.8 Å². The van der Waals surface area contributed by atoms with Crippen molar-refractivity contribution < 1.29 is 15.0 Å². The molecule has 3 heterocycles. The van der Waals surface area contributed by atoms with E-state index in [-0.39, 0.29) is 11.7 Å². The molecule has 0 aliphatic heterocycles. The minimum absolute atomic E-state index is 0.0652. The number of Topliss-reactive ketones (excluding diaryl/α,β-unsaturated/α-hetero) is 1. The zero-order valence-corrected chi connectivity index (χ0v) is 20.1. The Morgan fingerprint density at radius 2 is 2.15 bits per heavy atom. The maximum atomic E-state index is 12.3. The average Bonchev–Trinajstić information content (AvgIpc) is 3.03. The number of aryl methyl sites for hydroxylation is 1. The summed E-state index contributed by atoms with van der Waals surface area (Å²) >= 11 is 1.65. The van der Waals surface area contributed by atoms with Crippen molar-refractivity contribution in [3.8, 4) is 11.8 Å². The Bertz CT molecular complexity index is 1350. The number of nitrogens with zero attached hydrogens (tertiary/aromatic N) is 3. The zero-order valence-electron chi connectivity index (χ0n) is 19.3. The quantitative estimate of drug-likeness (QED) is 0.489. The van der Waals surface area contributed by atoms with Crippen molar-refractivity contribution in [3.63, 3.8) is 0 Å². The van der Waals surface area contributed by atoms with E-state index in [1.807, 2.05) is 16.7 Å². The van der Waals surface area contributed by atoms with Gasteiger partial charge in [-0.2, -0.15) is 0 Å². The molecule has 3 aromatic heterocycles. The second-order valence-electron chi connectivity index (χ2n) is 10.1. The predicted octanol–water partition coefficient (Wildman–Crippen LogP) is 3.28. The summed E-state index contributed by atoms with van der Waals surface area (Å²) in [6, 6.07) is 5.56. The molecule has 7 nitrogen and oxygen atoms in total. The third-order valence-electron chi connectivity index (χ3n) is 8.04. The van der Waals surface area contributed by atoms with E-state index in [1.165, 1.54) is 31.1 Å². The topological polar surface area (TPSA) is 100 Å². The lowest BCUT2D eigenvalue weighted by Gasteiger charge is -2.26. The van der Waals surface area contributed by atoms with Crippen molar-refractivity contribution in [1.82, 2.24) is 14.5 Å². The fraction of sp³-hybridized carbons (Fsp3) is 0.500. The van der Waals surface area contributed by atoms with Gasteiger partial charge in [0.2, 0.25) is 0 Å². The summed E-state index contributed by atoms with van der Waals surface area (Å²) in [5, 5.41) is 25.2. The highest BCUT2D eigenvalue weighted by Crippen LogP contribution is 2.68. The van der Waals surface area contributed by atoms with Gasteiger partial charge < -0.3 is 20.1 Å². The Labute approximate surface area is 202 Å². The van der Waals surface area contributed by atoms with Crippen molar-refractivity contribution >= 4 is 34.0 Å². The molecule has 0 spiro atoms. The second kappa shape index (κ2) is 7.91. The number of hydrogen-bond donors (Lipinski definition) is 3. The number of rotatable bonds is 5. The van der Waals surface area contributed by atoms with Crippen LogP contribution in [0, 0.1) is 36.0 Å². The molecule has 176 valence electrons. The number of anilines is 1. The van der Waals surface area contributed by atoms with E-state index in [4.69, 9.17) is 4.98 Å². The van der Waals surface area contributed by atoms with Crippen LogP contribution in [0.4, 0.5) is 5.69 Å². The summed E-state index contributed by atoms with van der Waals surface area (Å²) in [6.45, 7) is 4.44. The molecule has 3 N–H and O–H groups in total. The molecule has 0 bridgehead atoms. The van der Waals surface area contributed by atoms with Gasteiger partial charge in [0.25, 0.3) is 0 Å². The van der Waals surface area contributed by atoms with Gasteiger partial charge >= 0.3 is 0 Å². The number of aliphatic hydroxyl groups is 2. The highest BCUT2D eigenvalue weighted by Gasteiger charge is 2.74. The summed E-state index contributed by atoms with van der Waals surface area (Å²) in [6.07, 6.45) is 3.90. The number of imidazole rings is 1. The maximum Gasteiger partial charge on any atom is 0.163 e. The van der Waals surface area contributed by atoms with E-state index < -0.39 is 23.7 Å². The van der Waals surface area contributed by atoms with E-state index in [1.54, 1.807) is 17.7 Å². The number of nitrogens with one attached hydrogen (secondary N) is 1.